The van der Waals surface area contributed by atoms with Crippen molar-refractivity contribution in [2.45, 2.75) is 0 Å². The van der Waals surface area contributed by atoms with Gasteiger partial charge < -0.3 is 4.57 Å². The molecule has 0 bridgehead atoms. The van der Waals surface area contributed by atoms with Crippen LogP contribution < -0.4 is 0 Å². The van der Waals surface area contributed by atoms with Gasteiger partial charge in [-0.2, -0.15) is 0 Å². The summed E-state index contributed by atoms with van der Waals surface area (Å²) in [6.45, 7) is 0. The van der Waals surface area contributed by atoms with Gasteiger partial charge in [-0.25, -0.2) is 15.0 Å². The lowest BCUT2D eigenvalue weighted by Gasteiger charge is -2.13. The minimum Gasteiger partial charge on any atom is -0.309 e. The molecule has 7 aromatic carbocycles. The highest BCUT2D eigenvalue weighted by Gasteiger charge is 2.18. The van der Waals surface area contributed by atoms with E-state index in [2.05, 4.69) is 150 Å². The summed E-state index contributed by atoms with van der Waals surface area (Å²) in [5.74, 6) is 0.705. The Morgan fingerprint density at radius 1 is 0.333 bits per heavy atom. The maximum Gasteiger partial charge on any atom is 0.160 e. The van der Waals surface area contributed by atoms with Crippen molar-refractivity contribution in [3.63, 3.8) is 0 Å². The molecule has 10 rings (SSSR count). The van der Waals surface area contributed by atoms with Crippen molar-refractivity contribution in [3.8, 4) is 50.8 Å². The lowest BCUT2D eigenvalue weighted by molar-refractivity contribution is 1.18. The Bertz CT molecular complexity index is 2820. The average Bonchev–Trinajstić information content (AvgIpc) is 3.54. The minimum atomic E-state index is 0.705. The molecule has 10 aromatic rings. The van der Waals surface area contributed by atoms with Gasteiger partial charge in [0, 0.05) is 49.5 Å². The van der Waals surface area contributed by atoms with Crippen molar-refractivity contribution >= 4 is 43.5 Å². The van der Waals surface area contributed by atoms with Gasteiger partial charge in [0.05, 0.1) is 33.6 Å². The van der Waals surface area contributed by atoms with Crippen LogP contribution in [-0.4, -0.2) is 19.5 Å². The zero-order valence-electron chi connectivity index (χ0n) is 27.6. The van der Waals surface area contributed by atoms with Crippen LogP contribution >= 0.6 is 0 Å². The third-order valence-corrected chi connectivity index (χ3v) is 9.79. The molecule has 0 unspecified atom stereocenters. The second-order valence-electron chi connectivity index (χ2n) is 12.9. The fourth-order valence-electron chi connectivity index (χ4n) is 7.36. The Kier molecular flexibility index (Phi) is 6.78. The fourth-order valence-corrected chi connectivity index (χ4v) is 7.36. The Balaban J connectivity index is 1.17. The van der Waals surface area contributed by atoms with Crippen molar-refractivity contribution in [2.24, 2.45) is 0 Å². The quantitative estimate of drug-likeness (QED) is 0.174. The second-order valence-corrected chi connectivity index (χ2v) is 12.9. The smallest absolute Gasteiger partial charge is 0.160 e. The summed E-state index contributed by atoms with van der Waals surface area (Å²) in [4.78, 5) is 15.3. The first-order chi connectivity index (χ1) is 25.3. The standard InChI is InChI=1S/C47H30N4/c1-4-14-31(15-5-1)42-30-43(50-47(49-42)34-16-6-2-7-17-34)32-24-26-33(27-25-32)46-40-29-45-39(28-38(40)36-20-10-12-22-41(36)48-46)37-21-11-13-23-44(37)51(45)35-18-8-3-9-19-35/h1-30H. The zero-order valence-corrected chi connectivity index (χ0v) is 27.6. The maximum absolute atomic E-state index is 5.31. The van der Waals surface area contributed by atoms with E-state index in [9.17, 15) is 0 Å². The molecule has 0 aliphatic carbocycles. The fraction of sp³-hybridized carbons (Fsp3) is 0. The molecular formula is C47H30N4. The average molecular weight is 651 g/mol. The summed E-state index contributed by atoms with van der Waals surface area (Å²) in [5.41, 5.74) is 11.3. The van der Waals surface area contributed by atoms with E-state index in [0.29, 0.717) is 5.82 Å². The molecule has 0 aliphatic heterocycles. The number of benzene rings is 7. The summed E-state index contributed by atoms with van der Waals surface area (Å²) in [5, 5.41) is 5.92. The first-order valence-corrected chi connectivity index (χ1v) is 17.2. The van der Waals surface area contributed by atoms with Crippen molar-refractivity contribution in [2.75, 3.05) is 0 Å². The van der Waals surface area contributed by atoms with Gasteiger partial charge in [-0.05, 0) is 47.9 Å². The lowest BCUT2D eigenvalue weighted by Crippen LogP contribution is -1.96. The topological polar surface area (TPSA) is 43.6 Å². The van der Waals surface area contributed by atoms with Crippen LogP contribution in [0, 0.1) is 0 Å². The van der Waals surface area contributed by atoms with E-state index in [-0.39, 0.29) is 0 Å². The van der Waals surface area contributed by atoms with Gasteiger partial charge >= 0.3 is 0 Å². The van der Waals surface area contributed by atoms with Gasteiger partial charge in [-0.1, -0.05) is 140 Å². The van der Waals surface area contributed by atoms with Gasteiger partial charge in [0.25, 0.3) is 0 Å². The van der Waals surface area contributed by atoms with E-state index in [1.165, 1.54) is 21.7 Å². The molecule has 0 aliphatic rings. The zero-order chi connectivity index (χ0) is 33.7. The number of nitrogens with zero attached hydrogens (tertiary/aromatic N) is 4. The van der Waals surface area contributed by atoms with E-state index in [1.54, 1.807) is 0 Å². The Morgan fingerprint density at radius 2 is 0.902 bits per heavy atom. The molecular weight excluding hydrogens is 621 g/mol. The Hall–Kier alpha value is -6.91. The summed E-state index contributed by atoms with van der Waals surface area (Å²) in [6, 6.07) is 63.7. The molecule has 0 fully saturated rings. The Morgan fingerprint density at radius 3 is 1.63 bits per heavy atom. The number of para-hydroxylation sites is 3. The van der Waals surface area contributed by atoms with Crippen LogP contribution in [-0.2, 0) is 0 Å². The number of hydrogen-bond acceptors (Lipinski definition) is 3. The van der Waals surface area contributed by atoms with Crippen LogP contribution in [0.5, 0.6) is 0 Å². The molecule has 0 radical (unpaired) electrons. The van der Waals surface area contributed by atoms with Gasteiger partial charge in [0.2, 0.25) is 0 Å². The largest absolute Gasteiger partial charge is 0.309 e. The molecule has 0 saturated carbocycles. The third kappa shape index (κ3) is 4.96. The number of pyridine rings is 1. The van der Waals surface area contributed by atoms with Crippen molar-refractivity contribution in [1.82, 2.24) is 19.5 Å². The lowest BCUT2D eigenvalue weighted by atomic mass is 9.97. The summed E-state index contributed by atoms with van der Waals surface area (Å²) < 4.78 is 2.37. The number of fused-ring (bicyclic) bond motifs is 6. The van der Waals surface area contributed by atoms with Crippen LogP contribution in [0.3, 0.4) is 0 Å². The molecule has 0 saturated heterocycles. The first-order valence-electron chi connectivity index (χ1n) is 17.2. The van der Waals surface area contributed by atoms with Gasteiger partial charge in [0.1, 0.15) is 0 Å². The normalized spacial score (nSPS) is 11.5. The highest BCUT2D eigenvalue weighted by molar-refractivity contribution is 6.20. The molecule has 0 spiro atoms. The van der Waals surface area contributed by atoms with Crippen LogP contribution in [0.15, 0.2) is 182 Å². The first kappa shape index (κ1) is 29.0. The molecule has 3 heterocycles. The predicted octanol–water partition coefficient (Wildman–Crippen LogP) is 11.9. The van der Waals surface area contributed by atoms with E-state index in [1.807, 2.05) is 36.4 Å². The van der Waals surface area contributed by atoms with Crippen LogP contribution in [0.1, 0.15) is 0 Å². The molecule has 238 valence electrons. The monoisotopic (exact) mass is 650 g/mol. The summed E-state index contributed by atoms with van der Waals surface area (Å²) >= 11 is 0. The van der Waals surface area contributed by atoms with Crippen LogP contribution in [0.4, 0.5) is 0 Å². The van der Waals surface area contributed by atoms with Crippen LogP contribution in [0.25, 0.3) is 94.3 Å². The van der Waals surface area contributed by atoms with Crippen molar-refractivity contribution < 1.29 is 0 Å². The third-order valence-electron chi connectivity index (χ3n) is 9.79. The van der Waals surface area contributed by atoms with E-state index >= 15 is 0 Å². The van der Waals surface area contributed by atoms with Gasteiger partial charge in [-0.15, -0.1) is 0 Å². The second kappa shape index (κ2) is 11.9. The predicted molar refractivity (Wildman–Crippen MR) is 211 cm³/mol. The molecule has 0 N–H and O–H groups in total. The number of aromatic nitrogens is 4. The molecule has 0 atom stereocenters. The van der Waals surface area contributed by atoms with Crippen molar-refractivity contribution in [3.05, 3.63) is 182 Å². The SMILES string of the molecule is c1ccc(-c2cc(-c3ccc(-c4nc5ccccc5c5cc6c7ccccc7n(-c7ccccc7)c6cc45)cc3)nc(-c3ccccc3)n2)cc1. The number of rotatable bonds is 5. The maximum atomic E-state index is 5.31. The van der Waals surface area contributed by atoms with E-state index in [4.69, 9.17) is 15.0 Å². The van der Waals surface area contributed by atoms with E-state index in [0.717, 1.165) is 66.8 Å². The van der Waals surface area contributed by atoms with E-state index < -0.39 is 0 Å². The van der Waals surface area contributed by atoms with Crippen LogP contribution in [0.2, 0.25) is 0 Å². The van der Waals surface area contributed by atoms with Gasteiger partial charge in [-0.3, -0.25) is 0 Å². The van der Waals surface area contributed by atoms with Crippen molar-refractivity contribution in [1.29, 1.82) is 0 Å². The van der Waals surface area contributed by atoms with Gasteiger partial charge in [0.15, 0.2) is 5.82 Å². The number of hydrogen-bond donors (Lipinski definition) is 0. The molecule has 4 nitrogen and oxygen atoms in total. The summed E-state index contributed by atoms with van der Waals surface area (Å²) in [7, 11) is 0. The highest BCUT2D eigenvalue weighted by atomic mass is 15.0. The molecule has 0 amide bonds. The summed E-state index contributed by atoms with van der Waals surface area (Å²) in [6.07, 6.45) is 0. The highest BCUT2D eigenvalue weighted by Crippen LogP contribution is 2.40. The molecule has 51 heavy (non-hydrogen) atoms. The minimum absolute atomic E-state index is 0.705. The Labute approximate surface area is 295 Å². The molecule has 3 aromatic heterocycles. The molecule has 4 heteroatoms.